The number of hydrogen-bond acceptors (Lipinski definition) is 7. The molecule has 13 heteroatoms. The SMILES string of the molecule is C=C(F)C(=O)N1C[C@@H]2C[C@H]1CN2C(=O)Oc1cc2c(Nc3ccc(Cl)c(Cl)c3F)ncnc2cc1OC. The lowest BCUT2D eigenvalue weighted by Crippen LogP contribution is -2.51. The molecule has 0 unspecified atom stereocenters. The van der Waals surface area contributed by atoms with E-state index < -0.39 is 23.6 Å². The number of anilines is 2. The van der Waals surface area contributed by atoms with Gasteiger partial charge in [0.2, 0.25) is 0 Å². The summed E-state index contributed by atoms with van der Waals surface area (Å²) in [5, 5.41) is 3.11. The molecule has 2 fully saturated rings. The second kappa shape index (κ2) is 9.64. The van der Waals surface area contributed by atoms with Crippen molar-refractivity contribution in [2.24, 2.45) is 0 Å². The van der Waals surface area contributed by atoms with Crippen molar-refractivity contribution in [2.75, 3.05) is 25.5 Å². The fraction of sp³-hybridized carbons (Fsp3) is 0.250. The number of benzene rings is 2. The molecule has 2 aromatic carbocycles. The second-order valence-electron chi connectivity index (χ2n) is 8.52. The molecule has 0 aliphatic carbocycles. The molecule has 2 bridgehead atoms. The van der Waals surface area contributed by atoms with E-state index in [9.17, 15) is 18.4 Å². The summed E-state index contributed by atoms with van der Waals surface area (Å²) < 4.78 is 39.0. The Hall–Kier alpha value is -3.70. The highest BCUT2D eigenvalue weighted by atomic mass is 35.5. The van der Waals surface area contributed by atoms with E-state index in [1.54, 1.807) is 6.07 Å². The minimum Gasteiger partial charge on any atom is -0.493 e. The Labute approximate surface area is 219 Å². The lowest BCUT2D eigenvalue weighted by atomic mass is 10.2. The molecule has 0 saturated carbocycles. The van der Waals surface area contributed by atoms with E-state index >= 15 is 0 Å². The average Bonchev–Trinajstić information content (AvgIpc) is 3.50. The number of nitrogens with zero attached hydrogens (tertiary/aromatic N) is 4. The minimum atomic E-state index is -1.03. The summed E-state index contributed by atoms with van der Waals surface area (Å²) in [6, 6.07) is 5.28. The maximum Gasteiger partial charge on any atom is 0.415 e. The van der Waals surface area contributed by atoms with Gasteiger partial charge in [0.05, 0.1) is 40.4 Å². The number of nitrogens with one attached hydrogen (secondary N) is 1. The van der Waals surface area contributed by atoms with E-state index in [0.717, 1.165) is 0 Å². The van der Waals surface area contributed by atoms with Crippen LogP contribution >= 0.6 is 23.2 Å². The highest BCUT2D eigenvalue weighted by Crippen LogP contribution is 2.38. The molecule has 0 spiro atoms. The van der Waals surface area contributed by atoms with Crippen LogP contribution in [0.25, 0.3) is 10.9 Å². The summed E-state index contributed by atoms with van der Waals surface area (Å²) in [6.07, 6.45) is 1.14. The van der Waals surface area contributed by atoms with Crippen LogP contribution in [0.15, 0.2) is 43.0 Å². The van der Waals surface area contributed by atoms with Crippen LogP contribution in [0.5, 0.6) is 11.5 Å². The van der Waals surface area contributed by atoms with Crippen LogP contribution in [0.3, 0.4) is 0 Å². The molecule has 2 atom stereocenters. The van der Waals surface area contributed by atoms with Crippen LogP contribution in [0.2, 0.25) is 10.0 Å². The fourth-order valence-electron chi connectivity index (χ4n) is 4.60. The lowest BCUT2D eigenvalue weighted by Gasteiger charge is -2.33. The Morgan fingerprint density at radius 2 is 1.86 bits per heavy atom. The van der Waals surface area contributed by atoms with Crippen molar-refractivity contribution in [3.8, 4) is 11.5 Å². The topological polar surface area (TPSA) is 96.9 Å². The number of halogens is 4. The monoisotopic (exact) mass is 549 g/mol. The molecule has 2 amide bonds. The van der Waals surface area contributed by atoms with E-state index in [1.165, 1.54) is 41.4 Å². The molecule has 3 aromatic rings. The molecule has 2 aliphatic rings. The number of amides is 2. The number of fused-ring (bicyclic) bond motifs is 3. The minimum absolute atomic E-state index is 0.0342. The van der Waals surface area contributed by atoms with Crippen molar-refractivity contribution in [2.45, 2.75) is 18.5 Å². The quantitative estimate of drug-likeness (QED) is 0.349. The number of carbonyl (C=O) groups excluding carboxylic acids is 2. The molecule has 9 nitrogen and oxygen atoms in total. The maximum absolute atomic E-state index is 14.6. The standard InChI is InChI=1S/C24H19Cl2F2N5O4/c1-11(27)23(34)32-8-13-5-12(32)9-33(13)24(35)37-19-6-14-17(7-18(19)36-2)29-10-30-22(14)31-16-4-3-15(25)20(26)21(16)28/h3-4,6-7,10,12-13H,1,5,8-9H2,2H3,(H,29,30,31)/t12-,13-/m0/s1. The summed E-state index contributed by atoms with van der Waals surface area (Å²) in [5.41, 5.74) is 0.474. The molecule has 3 heterocycles. The highest BCUT2D eigenvalue weighted by molar-refractivity contribution is 6.42. The van der Waals surface area contributed by atoms with Crippen LogP contribution in [0, 0.1) is 5.82 Å². The molecule has 5 rings (SSSR count). The molecule has 2 aliphatic heterocycles. The number of rotatable bonds is 5. The van der Waals surface area contributed by atoms with Gasteiger partial charge >= 0.3 is 6.09 Å². The number of piperazine rings is 1. The first-order valence-corrected chi connectivity index (χ1v) is 11.8. The van der Waals surface area contributed by atoms with Gasteiger partial charge in [0.15, 0.2) is 23.1 Å². The van der Waals surface area contributed by atoms with Crippen LogP contribution in [-0.4, -0.2) is 64.1 Å². The van der Waals surface area contributed by atoms with Crippen LogP contribution in [0.1, 0.15) is 6.42 Å². The third-order valence-corrected chi connectivity index (χ3v) is 7.16. The zero-order valence-electron chi connectivity index (χ0n) is 19.3. The molecular formula is C24H19Cl2F2N5O4. The predicted molar refractivity (Wildman–Crippen MR) is 133 cm³/mol. The van der Waals surface area contributed by atoms with Gasteiger partial charge in [0.1, 0.15) is 12.1 Å². The molecule has 0 radical (unpaired) electrons. The highest BCUT2D eigenvalue weighted by Gasteiger charge is 2.48. The van der Waals surface area contributed by atoms with Gasteiger partial charge in [0.25, 0.3) is 5.91 Å². The molecular weight excluding hydrogens is 531 g/mol. The first kappa shape index (κ1) is 25.0. The Bertz CT molecular complexity index is 1460. The zero-order valence-corrected chi connectivity index (χ0v) is 20.8. The lowest BCUT2D eigenvalue weighted by molar-refractivity contribution is -0.130. The first-order chi connectivity index (χ1) is 17.7. The molecule has 1 N–H and O–H groups in total. The molecule has 37 heavy (non-hydrogen) atoms. The average molecular weight is 550 g/mol. The Morgan fingerprint density at radius 3 is 2.54 bits per heavy atom. The summed E-state index contributed by atoms with van der Waals surface area (Å²) >= 11 is 11.8. The van der Waals surface area contributed by atoms with Crippen molar-refractivity contribution < 1.29 is 27.8 Å². The molecule has 1 aromatic heterocycles. The second-order valence-corrected chi connectivity index (χ2v) is 9.30. The number of methoxy groups -OCH3 is 1. The van der Waals surface area contributed by atoms with E-state index in [4.69, 9.17) is 32.7 Å². The maximum atomic E-state index is 14.6. The Morgan fingerprint density at radius 1 is 1.14 bits per heavy atom. The van der Waals surface area contributed by atoms with E-state index in [2.05, 4.69) is 21.9 Å². The van der Waals surface area contributed by atoms with Crippen molar-refractivity contribution in [1.29, 1.82) is 0 Å². The summed E-state index contributed by atoms with van der Waals surface area (Å²) in [6.45, 7) is 3.45. The van der Waals surface area contributed by atoms with Crippen LogP contribution < -0.4 is 14.8 Å². The summed E-state index contributed by atoms with van der Waals surface area (Å²) in [7, 11) is 1.41. The number of aromatic nitrogens is 2. The number of carbonyl (C=O) groups is 2. The predicted octanol–water partition coefficient (Wildman–Crippen LogP) is 5.10. The smallest absolute Gasteiger partial charge is 0.415 e. The van der Waals surface area contributed by atoms with Crippen molar-refractivity contribution in [3.05, 3.63) is 58.9 Å². The third-order valence-electron chi connectivity index (χ3n) is 6.37. The van der Waals surface area contributed by atoms with Gasteiger partial charge in [0, 0.05) is 24.5 Å². The number of hydrogen-bond donors (Lipinski definition) is 1. The summed E-state index contributed by atoms with van der Waals surface area (Å²) in [5.74, 6) is -2.01. The fourth-order valence-corrected chi connectivity index (χ4v) is 4.91. The largest absolute Gasteiger partial charge is 0.493 e. The van der Waals surface area contributed by atoms with Crippen LogP contribution in [0.4, 0.5) is 25.1 Å². The van der Waals surface area contributed by atoms with Crippen LogP contribution in [-0.2, 0) is 4.79 Å². The number of likely N-dealkylation sites (tertiary alicyclic amines) is 2. The van der Waals surface area contributed by atoms with E-state index in [0.29, 0.717) is 17.3 Å². The Balaban J connectivity index is 1.41. The van der Waals surface area contributed by atoms with Gasteiger partial charge in [-0.25, -0.2) is 23.5 Å². The molecule has 2 saturated heterocycles. The van der Waals surface area contributed by atoms with Gasteiger partial charge in [-0.3, -0.25) is 4.79 Å². The van der Waals surface area contributed by atoms with Gasteiger partial charge < -0.3 is 24.6 Å². The van der Waals surface area contributed by atoms with Gasteiger partial charge in [-0.05, 0) is 24.6 Å². The van der Waals surface area contributed by atoms with Gasteiger partial charge in [-0.2, -0.15) is 0 Å². The summed E-state index contributed by atoms with van der Waals surface area (Å²) in [4.78, 5) is 36.3. The van der Waals surface area contributed by atoms with Gasteiger partial charge in [-0.15, -0.1) is 0 Å². The van der Waals surface area contributed by atoms with Crippen molar-refractivity contribution in [1.82, 2.24) is 19.8 Å². The normalized spacial score (nSPS) is 18.3. The molecule has 192 valence electrons. The number of ether oxygens (including phenoxy) is 2. The van der Waals surface area contributed by atoms with Gasteiger partial charge in [-0.1, -0.05) is 29.8 Å². The van der Waals surface area contributed by atoms with Crippen molar-refractivity contribution in [3.63, 3.8) is 0 Å². The Kier molecular flexibility index (Phi) is 6.50. The van der Waals surface area contributed by atoms with Crippen molar-refractivity contribution >= 4 is 57.6 Å². The van der Waals surface area contributed by atoms with E-state index in [1.807, 2.05) is 0 Å². The third kappa shape index (κ3) is 4.49. The zero-order chi connectivity index (χ0) is 26.4. The van der Waals surface area contributed by atoms with E-state index in [-0.39, 0.29) is 58.2 Å². The first-order valence-electron chi connectivity index (χ1n) is 11.0.